The van der Waals surface area contributed by atoms with Crippen LogP contribution in [0.15, 0.2) is 11.1 Å². The van der Waals surface area contributed by atoms with Crippen LogP contribution in [-0.2, 0) is 14.3 Å². The van der Waals surface area contributed by atoms with Crippen molar-refractivity contribution in [2.45, 2.75) is 39.2 Å². The first-order valence-electron chi connectivity index (χ1n) is 4.93. The van der Waals surface area contributed by atoms with Gasteiger partial charge in [0.25, 0.3) is 5.91 Å². The van der Waals surface area contributed by atoms with Crippen LogP contribution < -0.4 is 5.32 Å². The summed E-state index contributed by atoms with van der Waals surface area (Å²) in [5, 5.41) is 2.27. The average Bonchev–Trinajstić information content (AvgIpc) is 2.45. The highest BCUT2D eigenvalue weighted by Crippen LogP contribution is 2.24. The Labute approximate surface area is 89.7 Å². The van der Waals surface area contributed by atoms with E-state index in [2.05, 4.69) is 5.32 Å². The lowest BCUT2D eigenvalue weighted by molar-refractivity contribution is -0.124. The van der Waals surface area contributed by atoms with Gasteiger partial charge in [0, 0.05) is 12.7 Å². The topological polar surface area (TPSA) is 55.4 Å². The van der Waals surface area contributed by atoms with E-state index in [-0.39, 0.29) is 23.8 Å². The average molecular weight is 211 g/mol. The molecular weight excluding hydrogens is 194 g/mol. The Bertz CT molecular complexity index is 329. The number of imide groups is 1. The lowest BCUT2D eigenvalue weighted by Gasteiger charge is -2.23. The first kappa shape index (κ1) is 11.9. The molecule has 0 aromatic carbocycles. The molecule has 1 heterocycles. The first-order valence-corrected chi connectivity index (χ1v) is 4.93. The molecule has 4 heteroatoms. The molecule has 15 heavy (non-hydrogen) atoms. The first-order chi connectivity index (χ1) is 6.85. The summed E-state index contributed by atoms with van der Waals surface area (Å²) in [6.45, 7) is 5.77. The highest BCUT2D eigenvalue weighted by Gasteiger charge is 2.28. The van der Waals surface area contributed by atoms with Gasteiger partial charge in [0.1, 0.15) is 0 Å². The van der Waals surface area contributed by atoms with Gasteiger partial charge >= 0.3 is 0 Å². The van der Waals surface area contributed by atoms with Gasteiger partial charge in [-0.15, -0.1) is 0 Å². The lowest BCUT2D eigenvalue weighted by Crippen LogP contribution is -2.24. The highest BCUT2D eigenvalue weighted by molar-refractivity contribution is 6.13. The van der Waals surface area contributed by atoms with Gasteiger partial charge < -0.3 is 4.74 Å². The van der Waals surface area contributed by atoms with Crippen LogP contribution >= 0.6 is 0 Å². The van der Waals surface area contributed by atoms with E-state index in [0.29, 0.717) is 12.0 Å². The number of methoxy groups -OCH3 is 1. The van der Waals surface area contributed by atoms with Crippen LogP contribution in [0.5, 0.6) is 0 Å². The van der Waals surface area contributed by atoms with Gasteiger partial charge in [-0.3, -0.25) is 14.9 Å². The molecule has 1 rings (SSSR count). The maximum absolute atomic E-state index is 11.4. The summed E-state index contributed by atoms with van der Waals surface area (Å²) in [5.74, 6) is -0.478. The zero-order chi connectivity index (χ0) is 11.6. The largest absolute Gasteiger partial charge is 0.378 e. The summed E-state index contributed by atoms with van der Waals surface area (Å²) >= 11 is 0. The molecule has 0 aromatic heterocycles. The Hall–Kier alpha value is -1.16. The predicted octanol–water partition coefficient (Wildman–Crippen LogP) is 1.16. The van der Waals surface area contributed by atoms with Gasteiger partial charge in [0.05, 0.1) is 12.0 Å². The van der Waals surface area contributed by atoms with E-state index in [0.717, 1.165) is 5.57 Å². The summed E-state index contributed by atoms with van der Waals surface area (Å²) in [7, 11) is 1.64. The second-order valence-electron chi connectivity index (χ2n) is 4.45. The number of nitrogens with one attached hydrogen (secondary N) is 1. The van der Waals surface area contributed by atoms with E-state index in [9.17, 15) is 9.59 Å². The summed E-state index contributed by atoms with van der Waals surface area (Å²) in [4.78, 5) is 22.4. The predicted molar refractivity (Wildman–Crippen MR) is 56.2 cm³/mol. The number of carbonyl (C=O) groups is 2. The highest BCUT2D eigenvalue weighted by atomic mass is 16.5. The minimum Gasteiger partial charge on any atom is -0.378 e. The summed E-state index contributed by atoms with van der Waals surface area (Å²) in [6.07, 6.45) is 0.851. The molecule has 1 saturated heterocycles. The van der Waals surface area contributed by atoms with E-state index in [1.54, 1.807) is 7.11 Å². The number of amides is 2. The fourth-order valence-corrected chi connectivity index (χ4v) is 1.65. The van der Waals surface area contributed by atoms with Crippen LogP contribution in [0.4, 0.5) is 0 Å². The molecule has 0 aliphatic carbocycles. The molecule has 1 aliphatic rings. The second-order valence-corrected chi connectivity index (χ2v) is 4.45. The third-order valence-electron chi connectivity index (χ3n) is 2.62. The Kier molecular flexibility index (Phi) is 3.29. The number of ether oxygens (including phenoxy) is 1. The van der Waals surface area contributed by atoms with Gasteiger partial charge in [-0.1, -0.05) is 5.57 Å². The number of rotatable bonds is 3. The molecule has 84 valence electrons. The van der Waals surface area contributed by atoms with Crippen molar-refractivity contribution in [1.29, 1.82) is 0 Å². The Morgan fingerprint density at radius 3 is 2.47 bits per heavy atom. The molecule has 1 aliphatic heterocycles. The maximum Gasteiger partial charge on any atom is 0.254 e. The molecule has 0 aromatic rings. The zero-order valence-corrected chi connectivity index (χ0v) is 9.64. The number of hydrogen-bond donors (Lipinski definition) is 1. The molecule has 1 fully saturated rings. The Morgan fingerprint density at radius 1 is 1.47 bits per heavy atom. The van der Waals surface area contributed by atoms with Gasteiger partial charge in [-0.25, -0.2) is 0 Å². The fraction of sp³-hybridized carbons (Fsp3) is 0.636. The van der Waals surface area contributed by atoms with Crippen molar-refractivity contribution in [2.75, 3.05) is 7.11 Å². The SMILES string of the molecule is COC(C)(C)CC(C)=C1CC(=O)NC1=O. The Balaban J connectivity index is 2.83. The van der Waals surface area contributed by atoms with Crippen LogP contribution in [0.1, 0.15) is 33.6 Å². The molecule has 2 amide bonds. The quantitative estimate of drug-likeness (QED) is 0.563. The van der Waals surface area contributed by atoms with E-state index in [1.165, 1.54) is 0 Å². The van der Waals surface area contributed by atoms with Crippen LogP contribution in [0, 0.1) is 0 Å². The smallest absolute Gasteiger partial charge is 0.254 e. The van der Waals surface area contributed by atoms with Crippen molar-refractivity contribution < 1.29 is 14.3 Å². The molecule has 0 bridgehead atoms. The minimum atomic E-state index is -0.303. The van der Waals surface area contributed by atoms with Gasteiger partial charge in [0.2, 0.25) is 5.91 Å². The molecule has 4 nitrogen and oxygen atoms in total. The summed E-state index contributed by atoms with van der Waals surface area (Å²) in [6, 6.07) is 0. The summed E-state index contributed by atoms with van der Waals surface area (Å²) in [5.41, 5.74) is 1.21. The molecule has 0 atom stereocenters. The van der Waals surface area contributed by atoms with E-state index < -0.39 is 0 Å². The van der Waals surface area contributed by atoms with Crippen molar-refractivity contribution >= 4 is 11.8 Å². The molecule has 0 spiro atoms. The third-order valence-corrected chi connectivity index (χ3v) is 2.62. The molecule has 0 unspecified atom stereocenters. The molecular formula is C11H17NO3. The number of hydrogen-bond acceptors (Lipinski definition) is 3. The van der Waals surface area contributed by atoms with Crippen LogP contribution in [0.3, 0.4) is 0 Å². The van der Waals surface area contributed by atoms with Gasteiger partial charge in [-0.2, -0.15) is 0 Å². The van der Waals surface area contributed by atoms with Crippen LogP contribution in [-0.4, -0.2) is 24.5 Å². The van der Waals surface area contributed by atoms with Crippen molar-refractivity contribution in [3.63, 3.8) is 0 Å². The lowest BCUT2D eigenvalue weighted by atomic mass is 9.95. The number of carbonyl (C=O) groups excluding carboxylic acids is 2. The maximum atomic E-state index is 11.4. The zero-order valence-electron chi connectivity index (χ0n) is 9.64. The molecule has 0 radical (unpaired) electrons. The standard InChI is InChI=1S/C11H17NO3/c1-7(6-11(2,3)15-4)8-5-9(13)12-10(8)14/h5-6H2,1-4H3,(H,12,13,14). The molecule has 1 N–H and O–H groups in total. The van der Waals surface area contributed by atoms with Crippen molar-refractivity contribution in [3.8, 4) is 0 Å². The monoisotopic (exact) mass is 211 g/mol. The van der Waals surface area contributed by atoms with Gasteiger partial charge in [0.15, 0.2) is 0 Å². The van der Waals surface area contributed by atoms with Crippen LogP contribution in [0.2, 0.25) is 0 Å². The normalized spacial score (nSPS) is 20.5. The third kappa shape index (κ3) is 2.89. The minimum absolute atomic E-state index is 0.199. The molecule has 0 saturated carbocycles. The van der Waals surface area contributed by atoms with E-state index in [4.69, 9.17) is 4.74 Å². The van der Waals surface area contributed by atoms with E-state index >= 15 is 0 Å². The van der Waals surface area contributed by atoms with Crippen molar-refractivity contribution in [2.24, 2.45) is 0 Å². The van der Waals surface area contributed by atoms with E-state index in [1.807, 2.05) is 20.8 Å². The fourth-order valence-electron chi connectivity index (χ4n) is 1.65. The van der Waals surface area contributed by atoms with Crippen molar-refractivity contribution in [3.05, 3.63) is 11.1 Å². The summed E-state index contributed by atoms with van der Waals surface area (Å²) < 4.78 is 5.28. The van der Waals surface area contributed by atoms with Crippen LogP contribution in [0.25, 0.3) is 0 Å². The second kappa shape index (κ2) is 4.14. The van der Waals surface area contributed by atoms with Gasteiger partial charge in [-0.05, 0) is 27.2 Å². The Morgan fingerprint density at radius 2 is 2.07 bits per heavy atom. The van der Waals surface area contributed by atoms with Crippen molar-refractivity contribution in [1.82, 2.24) is 5.32 Å².